The number of carbonyl (C=O) groups excluding carboxylic acids is 1. The maximum absolute atomic E-state index is 12.2. The number of pyridine rings is 1. The quantitative estimate of drug-likeness (QED) is 0.887. The number of nitrogens with zero attached hydrogens (tertiary/aromatic N) is 1. The lowest BCUT2D eigenvalue weighted by Gasteiger charge is -2.28. The lowest BCUT2D eigenvalue weighted by atomic mass is 9.85. The number of hydrogen-bond donors (Lipinski definition) is 2. The van der Waals surface area contributed by atoms with Crippen LogP contribution in [-0.4, -0.2) is 23.6 Å². The van der Waals surface area contributed by atoms with Crippen LogP contribution >= 0.6 is 0 Å². The van der Waals surface area contributed by atoms with E-state index in [1.54, 1.807) is 19.3 Å². The second-order valence-corrected chi connectivity index (χ2v) is 6.16. The van der Waals surface area contributed by atoms with E-state index in [0.717, 1.165) is 24.3 Å². The van der Waals surface area contributed by atoms with Crippen molar-refractivity contribution in [2.45, 2.75) is 33.1 Å². The van der Waals surface area contributed by atoms with E-state index >= 15 is 0 Å². The topological polar surface area (TPSA) is 63.1 Å². The van der Waals surface area contributed by atoms with E-state index < -0.39 is 0 Å². The largest absolute Gasteiger partial charge is 0.325 e. The number of anilines is 1. The van der Waals surface area contributed by atoms with Crippen molar-refractivity contribution < 1.29 is 4.79 Å². The van der Waals surface area contributed by atoms with Gasteiger partial charge in [0.2, 0.25) is 5.91 Å². The zero-order valence-corrected chi connectivity index (χ0v) is 13.1. The fourth-order valence-corrected chi connectivity index (χ4v) is 2.88. The van der Waals surface area contributed by atoms with E-state index in [2.05, 4.69) is 17.6 Å². The average Bonchev–Trinajstić information content (AvgIpc) is 2.45. The molecule has 1 aliphatic heterocycles. The lowest BCUT2D eigenvalue weighted by Crippen LogP contribution is -2.34. The van der Waals surface area contributed by atoms with Crippen LogP contribution in [0.5, 0.6) is 0 Å². The van der Waals surface area contributed by atoms with Crippen LogP contribution in [-0.2, 0) is 11.8 Å². The molecule has 0 aromatic carbocycles. The van der Waals surface area contributed by atoms with Gasteiger partial charge in [0.05, 0.1) is 5.69 Å². The van der Waals surface area contributed by atoms with Gasteiger partial charge in [-0.1, -0.05) is 6.92 Å². The molecule has 0 radical (unpaired) electrons. The van der Waals surface area contributed by atoms with Crippen molar-refractivity contribution in [1.29, 1.82) is 0 Å². The predicted molar refractivity (Wildman–Crippen MR) is 84.4 cm³/mol. The smallest absolute Gasteiger partial charge is 0.250 e. The van der Waals surface area contributed by atoms with Crippen molar-refractivity contribution in [1.82, 2.24) is 9.88 Å². The van der Waals surface area contributed by atoms with Gasteiger partial charge < -0.3 is 15.2 Å². The Kier molecular flexibility index (Phi) is 5.17. The van der Waals surface area contributed by atoms with Gasteiger partial charge in [-0.05, 0) is 50.3 Å². The van der Waals surface area contributed by atoms with Gasteiger partial charge in [0.25, 0.3) is 5.56 Å². The van der Waals surface area contributed by atoms with Crippen LogP contribution in [0.4, 0.5) is 5.69 Å². The molecule has 0 bridgehead atoms. The van der Waals surface area contributed by atoms with Gasteiger partial charge in [0, 0.05) is 25.7 Å². The van der Waals surface area contributed by atoms with Crippen LogP contribution in [0.3, 0.4) is 0 Å². The van der Waals surface area contributed by atoms with E-state index in [0.29, 0.717) is 18.3 Å². The molecule has 2 unspecified atom stereocenters. The number of nitrogens with one attached hydrogen (secondary N) is 2. The first-order valence-electron chi connectivity index (χ1n) is 7.65. The maximum atomic E-state index is 12.2. The molecule has 116 valence electrons. The molecule has 2 heterocycles. The number of rotatable bonds is 4. The number of amides is 1. The Bertz CT molecular complexity index is 559. The molecule has 5 nitrogen and oxygen atoms in total. The van der Waals surface area contributed by atoms with Crippen molar-refractivity contribution in [3.8, 4) is 0 Å². The molecule has 1 fully saturated rings. The molecule has 21 heavy (non-hydrogen) atoms. The third kappa shape index (κ3) is 4.17. The normalized spacial score (nSPS) is 20.0. The van der Waals surface area contributed by atoms with Crippen LogP contribution in [0.2, 0.25) is 0 Å². The van der Waals surface area contributed by atoms with Crippen LogP contribution in [0.15, 0.2) is 17.1 Å². The summed E-state index contributed by atoms with van der Waals surface area (Å²) in [6.07, 6.45) is 4.59. The Morgan fingerprint density at radius 1 is 1.57 bits per heavy atom. The highest BCUT2D eigenvalue weighted by atomic mass is 16.1. The molecule has 2 atom stereocenters. The molecule has 1 aromatic heterocycles. The van der Waals surface area contributed by atoms with Crippen LogP contribution in [0.1, 0.15) is 31.7 Å². The number of aromatic nitrogens is 1. The Labute approximate surface area is 125 Å². The van der Waals surface area contributed by atoms with Crippen molar-refractivity contribution in [3.05, 3.63) is 28.2 Å². The Morgan fingerprint density at radius 2 is 2.33 bits per heavy atom. The molecule has 5 heteroatoms. The molecular weight excluding hydrogens is 266 g/mol. The zero-order valence-electron chi connectivity index (χ0n) is 13.1. The summed E-state index contributed by atoms with van der Waals surface area (Å²) in [5.74, 6) is 0.964. The van der Waals surface area contributed by atoms with Crippen LogP contribution < -0.4 is 16.2 Å². The summed E-state index contributed by atoms with van der Waals surface area (Å²) in [6, 6.07) is 1.55. The molecule has 1 aromatic rings. The molecule has 2 N–H and O–H groups in total. The van der Waals surface area contributed by atoms with Gasteiger partial charge in [-0.15, -0.1) is 0 Å². The first-order chi connectivity index (χ1) is 9.97. The van der Waals surface area contributed by atoms with E-state index in [1.807, 2.05) is 6.92 Å². The number of aryl methyl sites for hydroxylation is 2. The summed E-state index contributed by atoms with van der Waals surface area (Å²) in [4.78, 5) is 23.7. The molecule has 2 rings (SSSR count). The van der Waals surface area contributed by atoms with Gasteiger partial charge in [0.1, 0.15) is 0 Å². The summed E-state index contributed by atoms with van der Waals surface area (Å²) < 4.78 is 1.48. The van der Waals surface area contributed by atoms with E-state index in [-0.39, 0.29) is 11.5 Å². The van der Waals surface area contributed by atoms with Crippen molar-refractivity contribution in [2.24, 2.45) is 18.9 Å². The molecule has 1 saturated heterocycles. The lowest BCUT2D eigenvalue weighted by molar-refractivity contribution is -0.117. The Hall–Kier alpha value is -1.62. The summed E-state index contributed by atoms with van der Waals surface area (Å²) in [6.45, 7) is 6.08. The number of hydrogen-bond acceptors (Lipinski definition) is 3. The molecule has 1 amide bonds. The number of piperidine rings is 1. The Morgan fingerprint density at radius 3 is 3.00 bits per heavy atom. The zero-order chi connectivity index (χ0) is 15.4. The average molecular weight is 291 g/mol. The van der Waals surface area contributed by atoms with Gasteiger partial charge in [-0.2, -0.15) is 0 Å². The van der Waals surface area contributed by atoms with E-state index in [1.165, 1.54) is 17.4 Å². The minimum atomic E-state index is -0.0628. The fraction of sp³-hybridized carbons (Fsp3) is 0.625. The van der Waals surface area contributed by atoms with E-state index in [9.17, 15) is 9.59 Å². The molecule has 1 aliphatic rings. The van der Waals surface area contributed by atoms with Gasteiger partial charge in [-0.25, -0.2) is 0 Å². The fourth-order valence-electron chi connectivity index (χ4n) is 2.88. The van der Waals surface area contributed by atoms with Crippen LogP contribution in [0.25, 0.3) is 0 Å². The van der Waals surface area contributed by atoms with Crippen molar-refractivity contribution >= 4 is 11.6 Å². The second-order valence-electron chi connectivity index (χ2n) is 6.16. The predicted octanol–water partition coefficient (Wildman–Crippen LogP) is 1.66. The first-order valence-corrected chi connectivity index (χ1v) is 7.65. The summed E-state index contributed by atoms with van der Waals surface area (Å²) in [5, 5.41) is 6.32. The highest BCUT2D eigenvalue weighted by molar-refractivity contribution is 5.91. The van der Waals surface area contributed by atoms with Gasteiger partial charge >= 0.3 is 0 Å². The first kappa shape index (κ1) is 15.8. The summed E-state index contributed by atoms with van der Waals surface area (Å²) in [7, 11) is 1.69. The second kappa shape index (κ2) is 6.89. The summed E-state index contributed by atoms with van der Waals surface area (Å²) in [5.41, 5.74) is 1.46. The van der Waals surface area contributed by atoms with Crippen molar-refractivity contribution in [3.63, 3.8) is 0 Å². The maximum Gasteiger partial charge on any atom is 0.250 e. The van der Waals surface area contributed by atoms with Gasteiger partial charge in [-0.3, -0.25) is 9.59 Å². The highest BCUT2D eigenvalue weighted by Crippen LogP contribution is 2.23. The summed E-state index contributed by atoms with van der Waals surface area (Å²) >= 11 is 0. The standard InChI is InChI=1S/C16H25N3O2/c1-11(13-5-4-6-17-9-13)7-15(20)18-14-10-19(3)16(21)8-12(14)2/h8,10-11,13,17H,4-7,9H2,1-3H3,(H,18,20). The monoisotopic (exact) mass is 291 g/mol. The van der Waals surface area contributed by atoms with Gasteiger partial charge in [0.15, 0.2) is 0 Å². The third-order valence-corrected chi connectivity index (χ3v) is 4.36. The molecule has 0 aliphatic carbocycles. The third-order valence-electron chi connectivity index (χ3n) is 4.36. The molecular formula is C16H25N3O2. The van der Waals surface area contributed by atoms with Crippen LogP contribution in [0, 0.1) is 18.8 Å². The highest BCUT2D eigenvalue weighted by Gasteiger charge is 2.22. The SMILES string of the molecule is Cc1cc(=O)n(C)cc1NC(=O)CC(C)C1CCCNC1. The molecule has 0 spiro atoms. The minimum absolute atomic E-state index is 0.0230. The van der Waals surface area contributed by atoms with Crippen molar-refractivity contribution in [2.75, 3.05) is 18.4 Å². The molecule has 0 saturated carbocycles. The van der Waals surface area contributed by atoms with E-state index in [4.69, 9.17) is 0 Å². The minimum Gasteiger partial charge on any atom is -0.325 e. The number of carbonyl (C=O) groups is 1. The Balaban J connectivity index is 1.95.